The third kappa shape index (κ3) is 6.54. The van der Waals surface area contributed by atoms with Gasteiger partial charge in [-0.1, -0.05) is 48.2 Å². The van der Waals surface area contributed by atoms with E-state index in [1.54, 1.807) is 0 Å². The molecule has 2 aromatic rings. The molecule has 3 rings (SSSR count). The predicted octanol–water partition coefficient (Wildman–Crippen LogP) is 3.27. The number of ether oxygens (including phenoxy) is 2. The van der Waals surface area contributed by atoms with Crippen LogP contribution >= 0.6 is 0 Å². The number of benzene rings is 2. The van der Waals surface area contributed by atoms with E-state index in [4.69, 9.17) is 9.47 Å². The summed E-state index contributed by atoms with van der Waals surface area (Å²) in [5.41, 5.74) is 2.13. The van der Waals surface area contributed by atoms with Crippen LogP contribution in [0.1, 0.15) is 17.2 Å². The maximum absolute atomic E-state index is 5.90. The summed E-state index contributed by atoms with van der Waals surface area (Å²) in [6.45, 7) is 9.71. The average molecular weight is 377 g/mol. The molecule has 0 aromatic heterocycles. The Morgan fingerprint density at radius 3 is 2.57 bits per heavy atom. The van der Waals surface area contributed by atoms with Gasteiger partial charge in [0.05, 0.1) is 19.3 Å². The number of rotatable bonds is 8. The van der Waals surface area contributed by atoms with Crippen molar-refractivity contribution in [1.82, 2.24) is 10.2 Å². The van der Waals surface area contributed by atoms with Gasteiger partial charge in [-0.25, -0.2) is 0 Å². The van der Waals surface area contributed by atoms with Gasteiger partial charge < -0.3 is 9.47 Å². The molecule has 4 nitrogen and oxygen atoms in total. The van der Waals surface area contributed by atoms with Gasteiger partial charge in [0, 0.05) is 31.7 Å². The summed E-state index contributed by atoms with van der Waals surface area (Å²) in [6.07, 6.45) is 1.85. The number of hydrogen-bond donors (Lipinski definition) is 1. The summed E-state index contributed by atoms with van der Waals surface area (Å²) >= 11 is 0. The van der Waals surface area contributed by atoms with Gasteiger partial charge in [0.1, 0.15) is 12.4 Å². The molecule has 1 atom stereocenters. The number of nitrogens with one attached hydrogen (secondary N) is 1. The van der Waals surface area contributed by atoms with Gasteiger partial charge in [0.25, 0.3) is 0 Å². The van der Waals surface area contributed by atoms with Crippen molar-refractivity contribution in [3.63, 3.8) is 0 Å². The third-order valence-corrected chi connectivity index (χ3v) is 4.59. The first-order chi connectivity index (χ1) is 13.8. The molecule has 1 fully saturated rings. The molecular formula is C24H28N2O2. The molecule has 1 heterocycles. The van der Waals surface area contributed by atoms with Crippen LogP contribution in [0.3, 0.4) is 0 Å². The van der Waals surface area contributed by atoms with Crippen LogP contribution < -0.4 is 10.1 Å². The Kier molecular flexibility index (Phi) is 8.14. The molecule has 2 aromatic carbocycles. The van der Waals surface area contributed by atoms with Gasteiger partial charge in [-0.2, -0.15) is 0 Å². The minimum absolute atomic E-state index is 0.0550. The van der Waals surface area contributed by atoms with E-state index >= 15 is 0 Å². The summed E-state index contributed by atoms with van der Waals surface area (Å²) < 4.78 is 11.3. The van der Waals surface area contributed by atoms with Gasteiger partial charge in [-0.3, -0.25) is 10.2 Å². The molecule has 1 N–H and O–H groups in total. The Morgan fingerprint density at radius 2 is 1.86 bits per heavy atom. The van der Waals surface area contributed by atoms with Gasteiger partial charge in [-0.15, -0.1) is 6.58 Å². The lowest BCUT2D eigenvalue weighted by Gasteiger charge is -2.26. The van der Waals surface area contributed by atoms with E-state index in [2.05, 4.69) is 40.8 Å². The highest BCUT2D eigenvalue weighted by Gasteiger charge is 2.10. The molecule has 1 aliphatic heterocycles. The quantitative estimate of drug-likeness (QED) is 0.566. The van der Waals surface area contributed by atoms with Gasteiger partial charge in [0.15, 0.2) is 0 Å². The van der Waals surface area contributed by atoms with Crippen molar-refractivity contribution in [2.75, 3.05) is 46.0 Å². The van der Waals surface area contributed by atoms with Crippen molar-refractivity contribution in [1.29, 1.82) is 0 Å². The Balaban J connectivity index is 1.58. The highest BCUT2D eigenvalue weighted by Crippen LogP contribution is 2.18. The molecule has 1 aliphatic rings. The van der Waals surface area contributed by atoms with Crippen LogP contribution in [0.4, 0.5) is 0 Å². The van der Waals surface area contributed by atoms with E-state index in [-0.39, 0.29) is 6.04 Å². The second-order valence-corrected chi connectivity index (χ2v) is 6.64. The van der Waals surface area contributed by atoms with E-state index in [0.717, 1.165) is 49.7 Å². The zero-order valence-corrected chi connectivity index (χ0v) is 16.3. The molecule has 0 saturated carbocycles. The topological polar surface area (TPSA) is 33.7 Å². The first kappa shape index (κ1) is 20.2. The summed E-state index contributed by atoms with van der Waals surface area (Å²) in [5.74, 6) is 7.45. The highest BCUT2D eigenvalue weighted by atomic mass is 16.5. The minimum atomic E-state index is -0.0550. The Hall–Kier alpha value is -2.58. The molecule has 0 spiro atoms. The average Bonchev–Trinajstić information content (AvgIpc) is 2.76. The fourth-order valence-corrected chi connectivity index (χ4v) is 3.00. The van der Waals surface area contributed by atoms with Gasteiger partial charge >= 0.3 is 0 Å². The molecule has 146 valence electrons. The van der Waals surface area contributed by atoms with Crippen LogP contribution in [0.25, 0.3) is 0 Å². The van der Waals surface area contributed by atoms with Crippen molar-refractivity contribution in [2.45, 2.75) is 6.04 Å². The van der Waals surface area contributed by atoms with Crippen molar-refractivity contribution in [2.24, 2.45) is 0 Å². The summed E-state index contributed by atoms with van der Waals surface area (Å²) in [6, 6.07) is 18.2. The fourth-order valence-electron chi connectivity index (χ4n) is 3.00. The van der Waals surface area contributed by atoms with Crippen LogP contribution in [0.5, 0.6) is 5.75 Å². The zero-order valence-electron chi connectivity index (χ0n) is 16.3. The summed E-state index contributed by atoms with van der Waals surface area (Å²) in [7, 11) is 0. The van der Waals surface area contributed by atoms with Crippen LogP contribution in [0.2, 0.25) is 0 Å². The van der Waals surface area contributed by atoms with Crippen LogP contribution in [0.15, 0.2) is 67.3 Å². The number of nitrogens with zero attached hydrogens (tertiary/aromatic N) is 1. The van der Waals surface area contributed by atoms with Crippen molar-refractivity contribution < 1.29 is 9.47 Å². The van der Waals surface area contributed by atoms with Crippen molar-refractivity contribution >= 4 is 0 Å². The summed E-state index contributed by atoms with van der Waals surface area (Å²) in [4.78, 5) is 2.37. The monoisotopic (exact) mass is 376 g/mol. The molecule has 28 heavy (non-hydrogen) atoms. The largest absolute Gasteiger partial charge is 0.492 e. The molecule has 4 heteroatoms. The summed E-state index contributed by atoms with van der Waals surface area (Å²) in [5, 5.41) is 3.41. The van der Waals surface area contributed by atoms with E-state index in [1.165, 1.54) is 0 Å². The fraction of sp³-hybridized carbons (Fsp3) is 0.333. The number of hydrogen-bond acceptors (Lipinski definition) is 4. The smallest absolute Gasteiger partial charge is 0.119 e. The van der Waals surface area contributed by atoms with Gasteiger partial charge in [0.2, 0.25) is 0 Å². The van der Waals surface area contributed by atoms with Crippen molar-refractivity contribution in [3.05, 3.63) is 78.4 Å². The predicted molar refractivity (Wildman–Crippen MR) is 113 cm³/mol. The van der Waals surface area contributed by atoms with Gasteiger partial charge in [-0.05, 0) is 29.8 Å². The van der Waals surface area contributed by atoms with Crippen LogP contribution in [-0.4, -0.2) is 50.9 Å². The molecule has 0 bridgehead atoms. The standard InChI is InChI=1S/C24H28N2O2/c1-2-14-25-24(13-8-21-6-4-3-5-7-21)22-9-11-23(12-10-22)28-20-17-26-15-18-27-19-16-26/h2-7,9-12,24-25H,1,14-20H2. The van der Waals surface area contributed by atoms with E-state index < -0.39 is 0 Å². The first-order valence-electron chi connectivity index (χ1n) is 9.79. The normalized spacial score (nSPS) is 15.3. The molecule has 0 amide bonds. The lowest BCUT2D eigenvalue weighted by atomic mass is 10.1. The van der Waals surface area contributed by atoms with E-state index in [0.29, 0.717) is 13.2 Å². The Bertz CT molecular complexity index is 772. The maximum Gasteiger partial charge on any atom is 0.119 e. The third-order valence-electron chi connectivity index (χ3n) is 4.59. The molecule has 0 radical (unpaired) electrons. The van der Waals surface area contributed by atoms with Crippen LogP contribution in [0, 0.1) is 11.8 Å². The van der Waals surface area contributed by atoms with E-state index in [1.807, 2.05) is 48.5 Å². The molecule has 1 unspecified atom stereocenters. The maximum atomic E-state index is 5.90. The van der Waals surface area contributed by atoms with E-state index in [9.17, 15) is 0 Å². The zero-order chi connectivity index (χ0) is 19.4. The first-order valence-corrected chi connectivity index (χ1v) is 9.79. The molecule has 1 saturated heterocycles. The Morgan fingerprint density at radius 1 is 1.11 bits per heavy atom. The lowest BCUT2D eigenvalue weighted by molar-refractivity contribution is 0.0322. The highest BCUT2D eigenvalue weighted by molar-refractivity contribution is 5.39. The minimum Gasteiger partial charge on any atom is -0.492 e. The number of morpholine rings is 1. The Labute approximate surface area is 168 Å². The molecule has 0 aliphatic carbocycles. The van der Waals surface area contributed by atoms with Crippen molar-refractivity contribution in [3.8, 4) is 17.6 Å². The second kappa shape index (κ2) is 11.3. The lowest BCUT2D eigenvalue weighted by Crippen LogP contribution is -2.38. The molecular weight excluding hydrogens is 348 g/mol. The van der Waals surface area contributed by atoms with Crippen LogP contribution in [-0.2, 0) is 4.74 Å². The SMILES string of the molecule is C=CCNC(C#Cc1ccccc1)c1ccc(OCCN2CCOCC2)cc1. The second-order valence-electron chi connectivity index (χ2n) is 6.64.